The number of carboxylic acids is 1. The maximum Gasteiger partial charge on any atom is 0.311 e. The summed E-state index contributed by atoms with van der Waals surface area (Å²) in [5, 5.41) is 9.01. The van der Waals surface area contributed by atoms with Crippen molar-refractivity contribution in [1.82, 2.24) is 4.90 Å². The Labute approximate surface area is 147 Å². The lowest BCUT2D eigenvalue weighted by atomic mass is 9.91. The van der Waals surface area contributed by atoms with Crippen molar-refractivity contribution in [3.05, 3.63) is 59.0 Å². The lowest BCUT2D eigenvalue weighted by Crippen LogP contribution is -2.41. The number of nitrogens with zero attached hydrogens (tertiary/aromatic N) is 1. The van der Waals surface area contributed by atoms with E-state index in [0.717, 1.165) is 19.3 Å². The van der Waals surface area contributed by atoms with Crippen LogP contribution in [0, 0.1) is 12.8 Å². The Morgan fingerprint density at radius 2 is 2.04 bits per heavy atom. The van der Waals surface area contributed by atoms with E-state index in [4.69, 9.17) is 9.52 Å². The van der Waals surface area contributed by atoms with Crippen LogP contribution < -0.4 is 0 Å². The van der Waals surface area contributed by atoms with E-state index in [0.29, 0.717) is 30.1 Å². The first kappa shape index (κ1) is 17.3. The van der Waals surface area contributed by atoms with Crippen LogP contribution in [0.2, 0.25) is 0 Å². The Kier molecular flexibility index (Phi) is 5.22. The Hall–Kier alpha value is -2.56. The van der Waals surface area contributed by atoms with Gasteiger partial charge in [-0.1, -0.05) is 30.3 Å². The van der Waals surface area contributed by atoms with E-state index < -0.39 is 5.97 Å². The summed E-state index contributed by atoms with van der Waals surface area (Å²) in [6, 6.07) is 10.3. The molecule has 1 aromatic heterocycles. The van der Waals surface area contributed by atoms with Crippen LogP contribution >= 0.6 is 0 Å². The number of carbonyl (C=O) groups excluding carboxylic acids is 1. The second kappa shape index (κ2) is 7.55. The topological polar surface area (TPSA) is 70.7 Å². The van der Waals surface area contributed by atoms with E-state index in [2.05, 4.69) is 12.1 Å². The van der Waals surface area contributed by atoms with E-state index >= 15 is 0 Å². The van der Waals surface area contributed by atoms with Crippen LogP contribution in [0.15, 0.2) is 41.0 Å². The third-order valence-corrected chi connectivity index (χ3v) is 4.75. The number of piperidine rings is 1. The molecule has 1 fully saturated rings. The molecule has 0 bridgehead atoms. The predicted molar refractivity (Wildman–Crippen MR) is 93.6 cm³/mol. The molecule has 0 saturated carbocycles. The summed E-state index contributed by atoms with van der Waals surface area (Å²) in [5.41, 5.74) is 2.40. The molecule has 0 aliphatic carbocycles. The molecule has 1 unspecified atom stereocenters. The fraction of sp³-hybridized carbons (Fsp3) is 0.400. The molecular weight excluding hydrogens is 318 g/mol. The molecule has 0 spiro atoms. The maximum atomic E-state index is 13.0. The molecule has 132 valence electrons. The van der Waals surface area contributed by atoms with Crippen molar-refractivity contribution in [2.45, 2.75) is 32.6 Å². The van der Waals surface area contributed by atoms with Gasteiger partial charge < -0.3 is 14.4 Å². The van der Waals surface area contributed by atoms with E-state index in [1.54, 1.807) is 6.92 Å². The fourth-order valence-electron chi connectivity index (χ4n) is 3.57. The third-order valence-electron chi connectivity index (χ3n) is 4.75. The van der Waals surface area contributed by atoms with Crippen molar-refractivity contribution in [3.8, 4) is 0 Å². The van der Waals surface area contributed by atoms with Gasteiger partial charge >= 0.3 is 5.97 Å². The minimum absolute atomic E-state index is 0.111. The van der Waals surface area contributed by atoms with Crippen molar-refractivity contribution in [3.63, 3.8) is 0 Å². The van der Waals surface area contributed by atoms with Gasteiger partial charge in [0.15, 0.2) is 0 Å². The van der Waals surface area contributed by atoms with Gasteiger partial charge in [-0.05, 0) is 37.7 Å². The number of benzene rings is 1. The molecule has 1 aliphatic rings. The summed E-state index contributed by atoms with van der Waals surface area (Å²) in [6.07, 6.45) is 4.23. The fourth-order valence-corrected chi connectivity index (χ4v) is 3.57. The van der Waals surface area contributed by atoms with Gasteiger partial charge in [0.2, 0.25) is 0 Å². The average Bonchev–Trinajstić information content (AvgIpc) is 2.95. The molecule has 2 heterocycles. The number of carbonyl (C=O) groups is 2. The van der Waals surface area contributed by atoms with Gasteiger partial charge in [-0.3, -0.25) is 9.59 Å². The number of aryl methyl sites for hydroxylation is 1. The number of amides is 1. The molecule has 25 heavy (non-hydrogen) atoms. The predicted octanol–water partition coefficient (Wildman–Crippen LogP) is 3.31. The standard InChI is InChI=1S/C20H23NO4/c1-14-13-25-17(11-18(22)23)19(14)20(24)21-9-5-8-16(12-21)10-15-6-3-2-4-7-15/h2-4,6-7,13,16H,5,8-12H2,1H3,(H,22,23). The van der Waals surface area contributed by atoms with E-state index in [1.165, 1.54) is 11.8 Å². The number of aliphatic carboxylic acids is 1. The Morgan fingerprint density at radius 3 is 2.76 bits per heavy atom. The summed E-state index contributed by atoms with van der Waals surface area (Å²) in [6.45, 7) is 3.19. The number of likely N-dealkylation sites (tertiary alicyclic amines) is 1. The molecular formula is C20H23NO4. The molecule has 1 amide bonds. The van der Waals surface area contributed by atoms with Gasteiger partial charge in [0.05, 0.1) is 11.8 Å². The highest BCUT2D eigenvalue weighted by molar-refractivity contribution is 5.97. The van der Waals surface area contributed by atoms with Crippen molar-refractivity contribution < 1.29 is 19.1 Å². The number of carboxylic acid groups (broad SMARTS) is 1. The van der Waals surface area contributed by atoms with E-state index in [-0.39, 0.29) is 18.1 Å². The molecule has 1 saturated heterocycles. The molecule has 1 aliphatic heterocycles. The summed E-state index contributed by atoms with van der Waals surface area (Å²) >= 11 is 0. The van der Waals surface area contributed by atoms with Crippen molar-refractivity contribution in [2.75, 3.05) is 13.1 Å². The number of rotatable bonds is 5. The first-order valence-corrected chi connectivity index (χ1v) is 8.66. The SMILES string of the molecule is Cc1coc(CC(=O)O)c1C(=O)N1CCCC(Cc2ccccc2)C1. The van der Waals surface area contributed by atoms with Crippen LogP contribution in [0.4, 0.5) is 0 Å². The molecule has 0 radical (unpaired) electrons. The van der Waals surface area contributed by atoms with Crippen molar-refractivity contribution in [2.24, 2.45) is 5.92 Å². The minimum atomic E-state index is -0.996. The molecule has 1 N–H and O–H groups in total. The zero-order valence-corrected chi connectivity index (χ0v) is 14.4. The zero-order valence-electron chi connectivity index (χ0n) is 14.4. The summed E-state index contributed by atoms with van der Waals surface area (Å²) < 4.78 is 5.31. The summed E-state index contributed by atoms with van der Waals surface area (Å²) in [4.78, 5) is 25.8. The number of furan rings is 1. The van der Waals surface area contributed by atoms with Crippen LogP contribution in [0.1, 0.15) is 40.1 Å². The van der Waals surface area contributed by atoms with Crippen LogP contribution in [0.5, 0.6) is 0 Å². The highest BCUT2D eigenvalue weighted by atomic mass is 16.4. The molecule has 3 rings (SSSR count). The van der Waals surface area contributed by atoms with E-state index in [1.807, 2.05) is 23.1 Å². The molecule has 5 nitrogen and oxygen atoms in total. The van der Waals surface area contributed by atoms with Gasteiger partial charge in [-0.25, -0.2) is 0 Å². The van der Waals surface area contributed by atoms with Gasteiger partial charge in [0.25, 0.3) is 5.91 Å². The van der Waals surface area contributed by atoms with Gasteiger partial charge in [-0.15, -0.1) is 0 Å². The Bertz CT molecular complexity index is 750. The monoisotopic (exact) mass is 341 g/mol. The van der Waals surface area contributed by atoms with Crippen molar-refractivity contribution in [1.29, 1.82) is 0 Å². The van der Waals surface area contributed by atoms with Gasteiger partial charge in [0, 0.05) is 18.7 Å². The second-order valence-corrected chi connectivity index (χ2v) is 6.74. The third kappa shape index (κ3) is 4.10. The van der Waals surface area contributed by atoms with Crippen molar-refractivity contribution >= 4 is 11.9 Å². The summed E-state index contributed by atoms with van der Waals surface area (Å²) in [7, 11) is 0. The zero-order chi connectivity index (χ0) is 17.8. The molecule has 5 heteroatoms. The lowest BCUT2D eigenvalue weighted by molar-refractivity contribution is -0.136. The Balaban J connectivity index is 1.72. The molecule has 1 aromatic carbocycles. The summed E-state index contributed by atoms with van der Waals surface area (Å²) in [5.74, 6) is -0.431. The van der Waals surface area contributed by atoms with E-state index in [9.17, 15) is 9.59 Å². The largest absolute Gasteiger partial charge is 0.481 e. The first-order chi connectivity index (χ1) is 12.0. The molecule has 1 atom stereocenters. The average molecular weight is 341 g/mol. The minimum Gasteiger partial charge on any atom is -0.481 e. The smallest absolute Gasteiger partial charge is 0.311 e. The maximum absolute atomic E-state index is 13.0. The quantitative estimate of drug-likeness (QED) is 0.906. The highest BCUT2D eigenvalue weighted by Crippen LogP contribution is 2.25. The number of hydrogen-bond donors (Lipinski definition) is 1. The van der Waals surface area contributed by atoms with Crippen LogP contribution in [0.3, 0.4) is 0 Å². The van der Waals surface area contributed by atoms with Crippen LogP contribution in [-0.2, 0) is 17.6 Å². The molecule has 2 aromatic rings. The Morgan fingerprint density at radius 1 is 1.28 bits per heavy atom. The normalized spacial score (nSPS) is 17.5. The van der Waals surface area contributed by atoms with Crippen LogP contribution in [-0.4, -0.2) is 35.0 Å². The lowest BCUT2D eigenvalue weighted by Gasteiger charge is -2.33. The number of hydrogen-bond acceptors (Lipinski definition) is 3. The van der Waals surface area contributed by atoms with Crippen LogP contribution in [0.25, 0.3) is 0 Å². The highest BCUT2D eigenvalue weighted by Gasteiger charge is 2.29. The second-order valence-electron chi connectivity index (χ2n) is 6.74. The van der Waals surface area contributed by atoms with Gasteiger partial charge in [0.1, 0.15) is 12.2 Å². The first-order valence-electron chi connectivity index (χ1n) is 8.66. The van der Waals surface area contributed by atoms with Gasteiger partial charge in [-0.2, -0.15) is 0 Å².